The van der Waals surface area contributed by atoms with Crippen molar-refractivity contribution in [1.82, 2.24) is 20.2 Å². The van der Waals surface area contributed by atoms with Crippen molar-refractivity contribution in [2.24, 2.45) is 0 Å². The summed E-state index contributed by atoms with van der Waals surface area (Å²) in [5.41, 5.74) is 4.58. The summed E-state index contributed by atoms with van der Waals surface area (Å²) in [4.78, 5) is 22.3. The predicted molar refractivity (Wildman–Crippen MR) is 114 cm³/mol. The average molecular weight is 379 g/mol. The van der Waals surface area contributed by atoms with E-state index in [1.807, 2.05) is 38.4 Å². The van der Waals surface area contributed by atoms with Gasteiger partial charge in [0, 0.05) is 19.4 Å². The number of aromatic nitrogens is 2. The predicted octanol–water partition coefficient (Wildman–Crippen LogP) is 3.87. The first-order chi connectivity index (χ1) is 13.6. The molecule has 28 heavy (non-hydrogen) atoms. The Balaban J connectivity index is 1.47. The van der Waals surface area contributed by atoms with Crippen LogP contribution in [0.25, 0.3) is 11.0 Å². The van der Waals surface area contributed by atoms with Gasteiger partial charge in [-0.1, -0.05) is 43.3 Å². The Morgan fingerprint density at radius 1 is 1.14 bits per heavy atom. The van der Waals surface area contributed by atoms with Gasteiger partial charge in [-0.3, -0.25) is 4.79 Å². The van der Waals surface area contributed by atoms with Gasteiger partial charge < -0.3 is 15.2 Å². The molecule has 0 aliphatic carbocycles. The van der Waals surface area contributed by atoms with Gasteiger partial charge in [0.15, 0.2) is 0 Å². The van der Waals surface area contributed by atoms with Gasteiger partial charge in [-0.2, -0.15) is 0 Å². The molecule has 5 nitrogen and oxygen atoms in total. The number of carbonyl (C=O) groups excluding carboxylic acids is 1. The molecule has 0 radical (unpaired) electrons. The summed E-state index contributed by atoms with van der Waals surface area (Å²) >= 11 is 0. The van der Waals surface area contributed by atoms with E-state index < -0.39 is 0 Å². The zero-order valence-electron chi connectivity index (χ0n) is 17.0. The van der Waals surface area contributed by atoms with Crippen LogP contribution in [0.1, 0.15) is 42.8 Å². The summed E-state index contributed by atoms with van der Waals surface area (Å²) in [5.74, 6) is 1.03. The Morgan fingerprint density at radius 2 is 1.89 bits per heavy atom. The third kappa shape index (κ3) is 5.20. The maximum Gasteiger partial charge on any atom is 0.220 e. The van der Waals surface area contributed by atoms with Crippen LogP contribution in [0, 0.1) is 0 Å². The van der Waals surface area contributed by atoms with E-state index in [4.69, 9.17) is 0 Å². The van der Waals surface area contributed by atoms with Crippen molar-refractivity contribution >= 4 is 16.9 Å². The number of nitrogens with one attached hydrogen (secondary N) is 2. The molecular formula is C23H30N4O. The molecule has 1 atom stereocenters. The zero-order chi connectivity index (χ0) is 19.9. The molecule has 1 heterocycles. The zero-order valence-corrected chi connectivity index (χ0v) is 17.0. The Bertz CT molecular complexity index is 865. The summed E-state index contributed by atoms with van der Waals surface area (Å²) in [6, 6.07) is 16.8. The van der Waals surface area contributed by atoms with E-state index in [0.717, 1.165) is 36.1 Å². The van der Waals surface area contributed by atoms with Gasteiger partial charge in [0.25, 0.3) is 0 Å². The quantitative estimate of drug-likeness (QED) is 0.594. The van der Waals surface area contributed by atoms with E-state index >= 15 is 0 Å². The third-order valence-corrected chi connectivity index (χ3v) is 5.14. The first-order valence-corrected chi connectivity index (χ1v) is 10.0. The maximum absolute atomic E-state index is 12.3. The van der Waals surface area contributed by atoms with E-state index in [1.54, 1.807) is 0 Å². The largest absolute Gasteiger partial charge is 0.354 e. The van der Waals surface area contributed by atoms with Gasteiger partial charge in [0.05, 0.1) is 17.1 Å². The van der Waals surface area contributed by atoms with E-state index in [1.165, 1.54) is 11.1 Å². The average Bonchev–Trinajstić information content (AvgIpc) is 3.11. The highest BCUT2D eigenvalue weighted by molar-refractivity contribution is 5.76. The highest BCUT2D eigenvalue weighted by Crippen LogP contribution is 2.18. The second-order valence-corrected chi connectivity index (χ2v) is 7.43. The number of hydrogen-bond donors (Lipinski definition) is 2. The highest BCUT2D eigenvalue weighted by Gasteiger charge is 2.15. The van der Waals surface area contributed by atoms with Crippen LogP contribution in [0.2, 0.25) is 0 Å². The van der Waals surface area contributed by atoms with Gasteiger partial charge >= 0.3 is 0 Å². The van der Waals surface area contributed by atoms with E-state index in [9.17, 15) is 4.79 Å². The SMILES string of the molecule is CCc1ccc([C@H](CNC(=O)CCCc2nc3ccccc3[nH]2)N(C)C)cc1. The fourth-order valence-corrected chi connectivity index (χ4v) is 3.41. The number of aromatic amines is 1. The van der Waals surface area contributed by atoms with Crippen molar-refractivity contribution < 1.29 is 4.79 Å². The van der Waals surface area contributed by atoms with Crippen LogP contribution < -0.4 is 5.32 Å². The van der Waals surface area contributed by atoms with Crippen LogP contribution >= 0.6 is 0 Å². The number of benzene rings is 2. The number of aryl methyl sites for hydroxylation is 2. The first-order valence-electron chi connectivity index (χ1n) is 10.0. The summed E-state index contributed by atoms with van der Waals surface area (Å²) in [6.07, 6.45) is 3.10. The lowest BCUT2D eigenvalue weighted by molar-refractivity contribution is -0.121. The molecule has 2 N–H and O–H groups in total. The Labute approximate surface area is 167 Å². The van der Waals surface area contributed by atoms with Crippen LogP contribution in [0.4, 0.5) is 0 Å². The normalized spacial score (nSPS) is 12.4. The number of amides is 1. The molecule has 0 aliphatic heterocycles. The molecule has 0 saturated heterocycles. The molecule has 0 bridgehead atoms. The smallest absolute Gasteiger partial charge is 0.220 e. The van der Waals surface area contributed by atoms with Gasteiger partial charge in [-0.25, -0.2) is 4.98 Å². The number of para-hydroxylation sites is 2. The molecule has 0 aliphatic rings. The topological polar surface area (TPSA) is 61.0 Å². The lowest BCUT2D eigenvalue weighted by Gasteiger charge is -2.25. The maximum atomic E-state index is 12.3. The van der Waals surface area contributed by atoms with Crippen molar-refractivity contribution in [3.05, 3.63) is 65.5 Å². The van der Waals surface area contributed by atoms with Gasteiger partial charge in [0.2, 0.25) is 5.91 Å². The van der Waals surface area contributed by atoms with Crippen LogP contribution in [0.15, 0.2) is 48.5 Å². The highest BCUT2D eigenvalue weighted by atomic mass is 16.1. The number of nitrogens with zero attached hydrogens (tertiary/aromatic N) is 2. The Kier molecular flexibility index (Phi) is 6.82. The minimum Gasteiger partial charge on any atom is -0.354 e. The molecule has 0 saturated carbocycles. The molecular weight excluding hydrogens is 348 g/mol. The van der Waals surface area contributed by atoms with Crippen LogP contribution in [0.3, 0.4) is 0 Å². The molecule has 0 unspecified atom stereocenters. The first kappa shape index (κ1) is 20.1. The molecule has 2 aromatic carbocycles. The van der Waals surface area contributed by atoms with E-state index in [-0.39, 0.29) is 11.9 Å². The molecule has 148 valence electrons. The number of H-pyrrole nitrogens is 1. The van der Waals surface area contributed by atoms with Crippen molar-refractivity contribution in [3.63, 3.8) is 0 Å². The summed E-state index contributed by atoms with van der Waals surface area (Å²) < 4.78 is 0. The molecule has 0 spiro atoms. The van der Waals surface area contributed by atoms with Crippen molar-refractivity contribution in [2.75, 3.05) is 20.6 Å². The number of likely N-dealkylation sites (N-methyl/N-ethyl adjacent to an activating group) is 1. The molecule has 1 amide bonds. The minimum atomic E-state index is 0.0909. The fourth-order valence-electron chi connectivity index (χ4n) is 3.41. The second-order valence-electron chi connectivity index (χ2n) is 7.43. The molecule has 3 rings (SSSR count). The Morgan fingerprint density at radius 3 is 2.57 bits per heavy atom. The number of hydrogen-bond acceptors (Lipinski definition) is 3. The van der Waals surface area contributed by atoms with Gasteiger partial charge in [-0.05, 0) is 50.2 Å². The fraction of sp³-hybridized carbons (Fsp3) is 0.391. The van der Waals surface area contributed by atoms with Gasteiger partial charge in [-0.15, -0.1) is 0 Å². The number of carbonyl (C=O) groups is 1. The number of rotatable bonds is 9. The monoisotopic (exact) mass is 378 g/mol. The standard InChI is InChI=1S/C23H30N4O/c1-4-17-12-14-18(15-13-17)21(27(2)3)16-24-23(28)11-7-10-22-25-19-8-5-6-9-20(19)26-22/h5-6,8-9,12-15,21H,4,7,10-11,16H2,1-3H3,(H,24,28)(H,25,26)/t21-/m0/s1. The number of fused-ring (bicyclic) bond motifs is 1. The summed E-state index contributed by atoms with van der Waals surface area (Å²) in [5, 5.41) is 3.09. The van der Waals surface area contributed by atoms with E-state index in [0.29, 0.717) is 13.0 Å². The van der Waals surface area contributed by atoms with Gasteiger partial charge in [0.1, 0.15) is 5.82 Å². The minimum absolute atomic E-state index is 0.0909. The van der Waals surface area contributed by atoms with Crippen molar-refractivity contribution in [1.29, 1.82) is 0 Å². The summed E-state index contributed by atoms with van der Waals surface area (Å²) in [7, 11) is 4.10. The molecule has 0 fully saturated rings. The molecule has 5 heteroatoms. The van der Waals surface area contributed by atoms with Crippen molar-refractivity contribution in [3.8, 4) is 0 Å². The Hall–Kier alpha value is -2.66. The van der Waals surface area contributed by atoms with E-state index in [2.05, 4.69) is 51.4 Å². The van der Waals surface area contributed by atoms with Crippen LogP contribution in [-0.4, -0.2) is 41.4 Å². The third-order valence-electron chi connectivity index (χ3n) is 5.14. The lowest BCUT2D eigenvalue weighted by Crippen LogP contribution is -2.34. The summed E-state index contributed by atoms with van der Waals surface area (Å²) in [6.45, 7) is 2.77. The molecule has 3 aromatic rings. The second kappa shape index (κ2) is 9.51. The number of imidazole rings is 1. The van der Waals surface area contributed by atoms with Crippen LogP contribution in [-0.2, 0) is 17.6 Å². The van der Waals surface area contributed by atoms with Crippen molar-refractivity contribution in [2.45, 2.75) is 38.6 Å². The van der Waals surface area contributed by atoms with Crippen LogP contribution in [0.5, 0.6) is 0 Å². The lowest BCUT2D eigenvalue weighted by atomic mass is 10.0. The molecule has 1 aromatic heterocycles.